The van der Waals surface area contributed by atoms with E-state index in [1.165, 1.54) is 6.26 Å². The van der Waals surface area contributed by atoms with Crippen LogP contribution in [0.15, 0.2) is 34.5 Å². The molecule has 1 amide bonds. The number of aromatic nitrogens is 1. The van der Waals surface area contributed by atoms with Crippen LogP contribution in [0.1, 0.15) is 21.1 Å². The number of piperazine rings is 1. The summed E-state index contributed by atoms with van der Waals surface area (Å²) in [6.45, 7) is 5.21. The SMILES string of the molecule is Cc1nc(CSc2ccc(C(=O)N3CCN(CCS(C)(=O)=O)CC3)cc2)cs1. The van der Waals surface area contributed by atoms with E-state index in [1.807, 2.05) is 36.1 Å². The molecular formula is C19H25N3O3S3. The zero-order valence-electron chi connectivity index (χ0n) is 16.1. The first-order valence-corrected chi connectivity index (χ1v) is 13.1. The van der Waals surface area contributed by atoms with E-state index in [2.05, 4.69) is 15.3 Å². The maximum atomic E-state index is 12.7. The minimum Gasteiger partial charge on any atom is -0.336 e. The van der Waals surface area contributed by atoms with Crippen LogP contribution in [0.25, 0.3) is 0 Å². The first-order valence-electron chi connectivity index (χ1n) is 9.13. The van der Waals surface area contributed by atoms with E-state index in [0.717, 1.165) is 21.3 Å². The number of thioether (sulfide) groups is 1. The lowest BCUT2D eigenvalue weighted by Gasteiger charge is -2.34. The van der Waals surface area contributed by atoms with E-state index in [0.29, 0.717) is 38.3 Å². The summed E-state index contributed by atoms with van der Waals surface area (Å²) in [5, 5.41) is 3.16. The third kappa shape index (κ3) is 6.30. The Hall–Kier alpha value is -1.42. The second-order valence-corrected chi connectivity index (χ2v) is 11.3. The van der Waals surface area contributed by atoms with Crippen LogP contribution in [0.3, 0.4) is 0 Å². The zero-order valence-corrected chi connectivity index (χ0v) is 18.6. The van der Waals surface area contributed by atoms with Crippen molar-refractivity contribution in [3.05, 3.63) is 45.9 Å². The molecule has 0 unspecified atom stereocenters. The highest BCUT2D eigenvalue weighted by molar-refractivity contribution is 7.98. The average molecular weight is 440 g/mol. The summed E-state index contributed by atoms with van der Waals surface area (Å²) in [4.78, 5) is 22.2. The number of amides is 1. The largest absolute Gasteiger partial charge is 0.336 e. The highest BCUT2D eigenvalue weighted by Gasteiger charge is 2.22. The van der Waals surface area contributed by atoms with Crippen LogP contribution in [-0.4, -0.2) is 73.8 Å². The Morgan fingerprint density at radius 1 is 1.18 bits per heavy atom. The van der Waals surface area contributed by atoms with E-state index in [9.17, 15) is 13.2 Å². The van der Waals surface area contributed by atoms with E-state index in [1.54, 1.807) is 23.1 Å². The zero-order chi connectivity index (χ0) is 20.1. The van der Waals surface area contributed by atoms with Gasteiger partial charge in [-0.05, 0) is 31.2 Å². The molecule has 1 saturated heterocycles. The van der Waals surface area contributed by atoms with Crippen molar-refractivity contribution in [1.29, 1.82) is 0 Å². The molecule has 2 aromatic rings. The maximum absolute atomic E-state index is 12.7. The number of carbonyl (C=O) groups is 1. The van der Waals surface area contributed by atoms with Crippen molar-refractivity contribution in [2.24, 2.45) is 0 Å². The topological polar surface area (TPSA) is 70.6 Å². The van der Waals surface area contributed by atoms with Gasteiger partial charge in [0, 0.05) is 60.6 Å². The number of thiazole rings is 1. The highest BCUT2D eigenvalue weighted by atomic mass is 32.2. The Kier molecular flexibility index (Phi) is 7.14. The monoisotopic (exact) mass is 439 g/mol. The third-order valence-corrected chi connectivity index (χ3v) is 7.38. The van der Waals surface area contributed by atoms with E-state index in [-0.39, 0.29) is 11.7 Å². The molecule has 0 aliphatic carbocycles. The smallest absolute Gasteiger partial charge is 0.253 e. The first kappa shape index (κ1) is 21.3. The van der Waals surface area contributed by atoms with Gasteiger partial charge in [0.1, 0.15) is 9.84 Å². The van der Waals surface area contributed by atoms with Crippen LogP contribution >= 0.6 is 23.1 Å². The molecule has 6 nitrogen and oxygen atoms in total. The van der Waals surface area contributed by atoms with Gasteiger partial charge < -0.3 is 4.90 Å². The quantitative estimate of drug-likeness (QED) is 0.618. The van der Waals surface area contributed by atoms with Crippen LogP contribution in [0.4, 0.5) is 0 Å². The fourth-order valence-corrected chi connectivity index (χ4v) is 5.08. The maximum Gasteiger partial charge on any atom is 0.253 e. The summed E-state index contributed by atoms with van der Waals surface area (Å²) in [5.74, 6) is 1.03. The van der Waals surface area contributed by atoms with Gasteiger partial charge in [-0.3, -0.25) is 9.69 Å². The number of rotatable bonds is 7. The minimum atomic E-state index is -2.95. The first-order chi connectivity index (χ1) is 13.3. The molecule has 3 rings (SSSR count). The van der Waals surface area contributed by atoms with Crippen molar-refractivity contribution in [2.75, 3.05) is 44.7 Å². The fourth-order valence-electron chi connectivity index (χ4n) is 2.98. The second kappa shape index (κ2) is 9.39. The van der Waals surface area contributed by atoms with Crippen molar-refractivity contribution < 1.29 is 13.2 Å². The molecule has 0 radical (unpaired) electrons. The van der Waals surface area contributed by atoms with Gasteiger partial charge in [-0.15, -0.1) is 23.1 Å². The molecule has 152 valence electrons. The summed E-state index contributed by atoms with van der Waals surface area (Å²) in [6.07, 6.45) is 1.26. The molecule has 0 saturated carbocycles. The molecule has 2 heterocycles. The van der Waals surface area contributed by atoms with Crippen molar-refractivity contribution in [2.45, 2.75) is 17.6 Å². The van der Waals surface area contributed by atoms with Gasteiger partial charge in [0.05, 0.1) is 16.5 Å². The summed E-state index contributed by atoms with van der Waals surface area (Å²) < 4.78 is 22.6. The Morgan fingerprint density at radius 2 is 1.86 bits per heavy atom. The molecule has 0 bridgehead atoms. The van der Waals surface area contributed by atoms with Gasteiger partial charge in [-0.1, -0.05) is 0 Å². The number of hydrogen-bond donors (Lipinski definition) is 0. The predicted octanol–water partition coefficient (Wildman–Crippen LogP) is 2.55. The Bertz CT molecular complexity index is 902. The van der Waals surface area contributed by atoms with E-state index in [4.69, 9.17) is 0 Å². The highest BCUT2D eigenvalue weighted by Crippen LogP contribution is 2.24. The van der Waals surface area contributed by atoms with Gasteiger partial charge in [0.15, 0.2) is 0 Å². The summed E-state index contributed by atoms with van der Waals surface area (Å²) >= 11 is 3.37. The van der Waals surface area contributed by atoms with Crippen molar-refractivity contribution in [3.8, 4) is 0 Å². The molecule has 0 N–H and O–H groups in total. The lowest BCUT2D eigenvalue weighted by Crippen LogP contribution is -2.49. The Labute approximate surface area is 174 Å². The average Bonchev–Trinajstić information content (AvgIpc) is 3.10. The van der Waals surface area contributed by atoms with Crippen LogP contribution in [-0.2, 0) is 15.6 Å². The lowest BCUT2D eigenvalue weighted by molar-refractivity contribution is 0.0644. The molecule has 9 heteroatoms. The van der Waals surface area contributed by atoms with Crippen LogP contribution < -0.4 is 0 Å². The molecule has 1 aliphatic rings. The molecule has 0 spiro atoms. The van der Waals surface area contributed by atoms with Gasteiger partial charge in [0.25, 0.3) is 5.91 Å². The number of benzene rings is 1. The van der Waals surface area contributed by atoms with Gasteiger partial charge in [-0.25, -0.2) is 13.4 Å². The number of aryl methyl sites for hydroxylation is 1. The molecular weight excluding hydrogens is 414 g/mol. The molecule has 1 aliphatic heterocycles. The minimum absolute atomic E-state index is 0.0365. The normalized spacial score (nSPS) is 15.7. The Balaban J connectivity index is 1.48. The van der Waals surface area contributed by atoms with Crippen LogP contribution in [0.5, 0.6) is 0 Å². The molecule has 0 atom stereocenters. The second-order valence-electron chi connectivity index (χ2n) is 6.93. The molecule has 1 aromatic heterocycles. The molecule has 28 heavy (non-hydrogen) atoms. The third-order valence-electron chi connectivity index (χ3n) is 4.59. The van der Waals surface area contributed by atoms with Gasteiger partial charge in [0.2, 0.25) is 0 Å². The molecule has 1 fully saturated rings. The number of carbonyl (C=O) groups excluding carboxylic acids is 1. The van der Waals surface area contributed by atoms with Crippen molar-refractivity contribution >= 4 is 38.8 Å². The summed E-state index contributed by atoms with van der Waals surface area (Å²) in [7, 11) is -2.95. The molecule has 1 aromatic carbocycles. The summed E-state index contributed by atoms with van der Waals surface area (Å²) in [5.41, 5.74) is 1.78. The fraction of sp³-hybridized carbons (Fsp3) is 0.474. The summed E-state index contributed by atoms with van der Waals surface area (Å²) in [6, 6.07) is 7.74. The standard InChI is InChI=1S/C19H25N3O3S3/c1-15-20-17(13-26-15)14-27-18-5-3-16(4-6-18)19(23)22-9-7-21(8-10-22)11-12-28(2,24)25/h3-6,13H,7-12,14H2,1-2H3. The van der Waals surface area contributed by atoms with E-state index >= 15 is 0 Å². The lowest BCUT2D eigenvalue weighted by atomic mass is 10.2. The van der Waals surface area contributed by atoms with Gasteiger partial charge >= 0.3 is 0 Å². The predicted molar refractivity (Wildman–Crippen MR) is 115 cm³/mol. The van der Waals surface area contributed by atoms with Gasteiger partial charge in [-0.2, -0.15) is 0 Å². The van der Waals surface area contributed by atoms with Crippen molar-refractivity contribution in [3.63, 3.8) is 0 Å². The number of hydrogen-bond acceptors (Lipinski definition) is 7. The van der Waals surface area contributed by atoms with Crippen molar-refractivity contribution in [1.82, 2.24) is 14.8 Å². The van der Waals surface area contributed by atoms with Crippen LogP contribution in [0, 0.1) is 6.92 Å². The van der Waals surface area contributed by atoms with Crippen LogP contribution in [0.2, 0.25) is 0 Å². The van der Waals surface area contributed by atoms with E-state index < -0.39 is 9.84 Å². The Morgan fingerprint density at radius 3 is 2.43 bits per heavy atom. The number of sulfone groups is 1. The number of nitrogens with zero attached hydrogens (tertiary/aromatic N) is 3.